The van der Waals surface area contributed by atoms with Gasteiger partial charge in [-0.1, -0.05) is 42.5 Å². The predicted molar refractivity (Wildman–Crippen MR) is 156 cm³/mol. The van der Waals surface area contributed by atoms with E-state index in [4.69, 9.17) is 5.73 Å². The molecule has 4 N–H and O–H groups in total. The molecule has 2 aromatic carbocycles. The van der Waals surface area contributed by atoms with Crippen molar-refractivity contribution in [3.8, 4) is 0 Å². The molecule has 8 nitrogen and oxygen atoms in total. The molecule has 3 aromatic rings. The van der Waals surface area contributed by atoms with Crippen LogP contribution in [0.25, 0.3) is 10.9 Å². The van der Waals surface area contributed by atoms with Gasteiger partial charge < -0.3 is 20.9 Å². The first kappa shape index (κ1) is 29.1. The molecule has 0 saturated carbocycles. The van der Waals surface area contributed by atoms with Gasteiger partial charge in [0, 0.05) is 48.3 Å². The van der Waals surface area contributed by atoms with Gasteiger partial charge in [-0.05, 0) is 55.9 Å². The zero-order valence-corrected chi connectivity index (χ0v) is 24.2. The lowest BCUT2D eigenvalue weighted by atomic mass is 9.73. The standard InChI is InChI=1S/C29H36N4O4S.ClH/c1-28(2,30)27(35)32-24(16-19-18-31-23-11-7-5-8-20(19)23)26(34)33-14-12-29(13-15-33)17-25(38(3,36)37)21-9-4-6-10-22(21)29;/h4-11,18,24-25,31H,12-17,30H2,1-3H3,(H,32,35);1H/t24?,25-;/m1./s1. The average molecular weight is 573 g/mol. The average Bonchev–Trinajstić information content (AvgIpc) is 3.43. The molecule has 1 saturated heterocycles. The zero-order valence-electron chi connectivity index (χ0n) is 22.6. The van der Waals surface area contributed by atoms with Crippen LogP contribution in [0.2, 0.25) is 0 Å². The summed E-state index contributed by atoms with van der Waals surface area (Å²) in [4.78, 5) is 31.8. The minimum atomic E-state index is -3.25. The number of hydrogen-bond donors (Lipinski definition) is 3. The molecule has 2 amide bonds. The number of aromatic nitrogens is 1. The van der Waals surface area contributed by atoms with Crippen LogP contribution in [0.4, 0.5) is 0 Å². The van der Waals surface area contributed by atoms with Gasteiger partial charge in [0.25, 0.3) is 0 Å². The molecule has 2 atom stereocenters. The molecule has 1 aromatic heterocycles. The molecule has 5 rings (SSSR count). The second-order valence-electron chi connectivity index (χ2n) is 11.5. The van der Waals surface area contributed by atoms with Crippen molar-refractivity contribution >= 4 is 45.0 Å². The van der Waals surface area contributed by atoms with E-state index < -0.39 is 26.7 Å². The van der Waals surface area contributed by atoms with Gasteiger partial charge in [0.2, 0.25) is 11.8 Å². The van der Waals surface area contributed by atoms with E-state index in [2.05, 4.69) is 10.3 Å². The Labute approximate surface area is 236 Å². The van der Waals surface area contributed by atoms with E-state index in [-0.39, 0.29) is 29.6 Å². The summed E-state index contributed by atoms with van der Waals surface area (Å²) in [5.74, 6) is -0.529. The Kier molecular flexibility index (Phi) is 7.91. The number of carbonyl (C=O) groups excluding carboxylic acids is 2. The highest BCUT2D eigenvalue weighted by Crippen LogP contribution is 2.53. The van der Waals surface area contributed by atoms with Crippen molar-refractivity contribution in [1.29, 1.82) is 0 Å². The van der Waals surface area contributed by atoms with E-state index in [1.165, 1.54) is 6.26 Å². The Morgan fingerprint density at radius 3 is 2.44 bits per heavy atom. The fourth-order valence-corrected chi connectivity index (χ4v) is 7.42. The molecule has 210 valence electrons. The van der Waals surface area contributed by atoms with E-state index in [9.17, 15) is 18.0 Å². The molecule has 1 aliphatic heterocycles. The van der Waals surface area contributed by atoms with E-state index in [1.54, 1.807) is 13.8 Å². The van der Waals surface area contributed by atoms with Crippen molar-refractivity contribution in [2.45, 2.75) is 61.8 Å². The SMILES string of the molecule is CC(C)(N)C(=O)NC(Cc1c[nH]c2ccccc12)C(=O)N1CCC2(CC1)C[C@@H](S(C)(=O)=O)c1ccccc12.Cl. The van der Waals surface area contributed by atoms with Crippen molar-refractivity contribution in [1.82, 2.24) is 15.2 Å². The highest BCUT2D eigenvalue weighted by molar-refractivity contribution is 7.90. The second kappa shape index (κ2) is 10.6. The highest BCUT2D eigenvalue weighted by Gasteiger charge is 2.49. The topological polar surface area (TPSA) is 125 Å². The van der Waals surface area contributed by atoms with Crippen molar-refractivity contribution < 1.29 is 18.0 Å². The number of aromatic amines is 1. The third kappa shape index (κ3) is 5.58. The minimum absolute atomic E-state index is 0. The number of nitrogens with two attached hydrogens (primary N) is 1. The maximum atomic E-state index is 13.9. The normalized spacial score (nSPS) is 19.4. The highest BCUT2D eigenvalue weighted by atomic mass is 35.5. The Hall–Kier alpha value is -2.88. The predicted octanol–water partition coefficient (Wildman–Crippen LogP) is 3.40. The van der Waals surface area contributed by atoms with E-state index in [0.717, 1.165) is 27.6 Å². The number of benzene rings is 2. The number of fused-ring (bicyclic) bond motifs is 3. The minimum Gasteiger partial charge on any atom is -0.361 e. The first-order chi connectivity index (χ1) is 17.9. The molecule has 2 aliphatic rings. The summed E-state index contributed by atoms with van der Waals surface area (Å²) in [5.41, 5.74) is 8.56. The van der Waals surface area contributed by atoms with Crippen LogP contribution in [0.5, 0.6) is 0 Å². The number of para-hydroxylation sites is 1. The largest absolute Gasteiger partial charge is 0.361 e. The fourth-order valence-electron chi connectivity index (χ4n) is 6.13. The third-order valence-electron chi connectivity index (χ3n) is 8.29. The Morgan fingerprint density at radius 1 is 1.13 bits per heavy atom. The van der Waals surface area contributed by atoms with Gasteiger partial charge in [-0.15, -0.1) is 12.4 Å². The lowest BCUT2D eigenvalue weighted by molar-refractivity contribution is -0.138. The molecule has 0 bridgehead atoms. The summed E-state index contributed by atoms with van der Waals surface area (Å²) in [6, 6.07) is 14.9. The molecular formula is C29H37ClN4O4S. The maximum absolute atomic E-state index is 13.9. The van der Waals surface area contributed by atoms with Crippen LogP contribution in [0.15, 0.2) is 54.7 Å². The molecule has 10 heteroatoms. The van der Waals surface area contributed by atoms with Crippen molar-refractivity contribution in [3.05, 3.63) is 71.4 Å². The first-order valence-corrected chi connectivity index (χ1v) is 15.1. The molecule has 2 heterocycles. The quantitative estimate of drug-likeness (QED) is 0.417. The van der Waals surface area contributed by atoms with Crippen molar-refractivity contribution in [3.63, 3.8) is 0 Å². The van der Waals surface area contributed by atoms with Crippen LogP contribution >= 0.6 is 12.4 Å². The van der Waals surface area contributed by atoms with Gasteiger partial charge in [-0.2, -0.15) is 0 Å². The number of nitrogens with one attached hydrogen (secondary N) is 2. The number of nitrogens with zero attached hydrogens (tertiary/aromatic N) is 1. The third-order valence-corrected chi connectivity index (χ3v) is 9.75. The molecular weight excluding hydrogens is 536 g/mol. The van der Waals surface area contributed by atoms with Crippen LogP contribution in [0, 0.1) is 0 Å². The summed E-state index contributed by atoms with van der Waals surface area (Å²) in [6.45, 7) is 4.23. The molecule has 1 unspecified atom stereocenters. The van der Waals surface area contributed by atoms with E-state index >= 15 is 0 Å². The van der Waals surface area contributed by atoms with Crippen LogP contribution in [0.1, 0.15) is 55.1 Å². The van der Waals surface area contributed by atoms with Crippen molar-refractivity contribution in [2.24, 2.45) is 5.73 Å². The van der Waals surface area contributed by atoms with Gasteiger partial charge in [-0.3, -0.25) is 9.59 Å². The summed E-state index contributed by atoms with van der Waals surface area (Å²) >= 11 is 0. The van der Waals surface area contributed by atoms with Gasteiger partial charge in [-0.25, -0.2) is 8.42 Å². The molecule has 0 radical (unpaired) electrons. The summed E-state index contributed by atoms with van der Waals surface area (Å²) in [6.07, 6.45) is 5.44. The lowest BCUT2D eigenvalue weighted by Crippen LogP contribution is -2.58. The smallest absolute Gasteiger partial charge is 0.245 e. The molecule has 1 spiro atoms. The monoisotopic (exact) mass is 572 g/mol. The summed E-state index contributed by atoms with van der Waals surface area (Å²) in [7, 11) is -3.25. The van der Waals surface area contributed by atoms with E-state index in [0.29, 0.717) is 38.8 Å². The van der Waals surface area contributed by atoms with Gasteiger partial charge >= 0.3 is 0 Å². The number of piperidine rings is 1. The second-order valence-corrected chi connectivity index (χ2v) is 13.8. The zero-order chi connectivity index (χ0) is 27.3. The number of likely N-dealkylation sites (tertiary alicyclic amines) is 1. The van der Waals surface area contributed by atoms with Crippen molar-refractivity contribution in [2.75, 3.05) is 19.3 Å². The summed E-state index contributed by atoms with van der Waals surface area (Å²) < 4.78 is 25.2. The number of halogens is 1. The Bertz CT molecular complexity index is 1490. The van der Waals surface area contributed by atoms with Crippen LogP contribution in [-0.4, -0.2) is 61.0 Å². The Morgan fingerprint density at radius 2 is 1.77 bits per heavy atom. The Balaban J connectivity index is 0.00000353. The van der Waals surface area contributed by atoms with Crippen LogP contribution in [0.3, 0.4) is 0 Å². The fraction of sp³-hybridized carbons (Fsp3) is 0.448. The summed E-state index contributed by atoms with van der Waals surface area (Å²) in [5, 5.41) is 3.41. The number of sulfone groups is 1. The number of rotatable bonds is 6. The van der Waals surface area contributed by atoms with E-state index in [1.807, 2.05) is 59.6 Å². The number of amides is 2. The number of H-pyrrole nitrogens is 1. The van der Waals surface area contributed by atoms with Gasteiger partial charge in [0.1, 0.15) is 6.04 Å². The maximum Gasteiger partial charge on any atom is 0.245 e. The number of hydrogen-bond acceptors (Lipinski definition) is 5. The van der Waals surface area contributed by atoms with Crippen LogP contribution in [-0.2, 0) is 31.3 Å². The van der Waals surface area contributed by atoms with Gasteiger partial charge in [0.05, 0.1) is 10.8 Å². The van der Waals surface area contributed by atoms with Gasteiger partial charge in [0.15, 0.2) is 9.84 Å². The first-order valence-electron chi connectivity index (χ1n) is 13.1. The molecule has 39 heavy (non-hydrogen) atoms. The van der Waals surface area contributed by atoms with Crippen LogP contribution < -0.4 is 11.1 Å². The molecule has 1 fully saturated rings. The molecule has 1 aliphatic carbocycles. The lowest BCUT2D eigenvalue weighted by Gasteiger charge is -2.41. The number of carbonyl (C=O) groups is 2.